The molecule has 2 fully saturated rings. The van der Waals surface area contributed by atoms with Crippen LogP contribution >= 0.6 is 11.6 Å². The quantitative estimate of drug-likeness (QED) is 0.800. The molecule has 134 valence electrons. The first-order valence-corrected chi connectivity index (χ1v) is 11.4. The zero-order valence-corrected chi connectivity index (χ0v) is 15.6. The standard InChI is InChI=1S/C15H21ClN2O4S2/c16-13-1-3-14(4-2-13)23(19,20)17-11-12-7-9-18(10-8-12)24(21,22)15-5-6-15/h1-4,12,15,17H,5-11H2. The van der Waals surface area contributed by atoms with Crippen molar-refractivity contribution in [2.24, 2.45) is 5.92 Å². The smallest absolute Gasteiger partial charge is 0.212 e. The predicted molar refractivity (Wildman–Crippen MR) is 92.9 cm³/mol. The maximum atomic E-state index is 12.2. The van der Waals surface area contributed by atoms with Gasteiger partial charge in [0.1, 0.15) is 0 Å². The van der Waals surface area contributed by atoms with Crippen molar-refractivity contribution in [3.05, 3.63) is 29.3 Å². The fourth-order valence-corrected chi connectivity index (χ4v) is 5.98. The second-order valence-electron chi connectivity index (χ2n) is 6.39. The van der Waals surface area contributed by atoms with E-state index in [-0.39, 0.29) is 16.1 Å². The van der Waals surface area contributed by atoms with Gasteiger partial charge in [-0.2, -0.15) is 0 Å². The van der Waals surface area contributed by atoms with E-state index in [1.807, 2.05) is 0 Å². The Kier molecular flexibility index (Phi) is 5.22. The lowest BCUT2D eigenvalue weighted by molar-refractivity contribution is 0.274. The van der Waals surface area contributed by atoms with Crippen molar-refractivity contribution in [1.29, 1.82) is 0 Å². The Morgan fingerprint density at radius 3 is 2.12 bits per heavy atom. The Morgan fingerprint density at radius 1 is 1.00 bits per heavy atom. The molecule has 0 radical (unpaired) electrons. The minimum atomic E-state index is -3.56. The van der Waals surface area contributed by atoms with Gasteiger partial charge in [0, 0.05) is 24.7 Å². The van der Waals surface area contributed by atoms with Crippen molar-refractivity contribution in [3.63, 3.8) is 0 Å². The van der Waals surface area contributed by atoms with Gasteiger partial charge in [-0.1, -0.05) is 11.6 Å². The van der Waals surface area contributed by atoms with Crippen molar-refractivity contribution in [1.82, 2.24) is 9.03 Å². The normalized spacial score (nSPS) is 21.0. The van der Waals surface area contributed by atoms with Gasteiger partial charge >= 0.3 is 0 Å². The van der Waals surface area contributed by atoms with Crippen LogP contribution in [-0.4, -0.2) is 46.0 Å². The highest BCUT2D eigenvalue weighted by Gasteiger charge is 2.41. The van der Waals surface area contributed by atoms with Gasteiger partial charge in [-0.15, -0.1) is 0 Å². The van der Waals surface area contributed by atoms with Crippen LogP contribution in [0.15, 0.2) is 29.2 Å². The maximum Gasteiger partial charge on any atom is 0.240 e. The lowest BCUT2D eigenvalue weighted by Crippen LogP contribution is -2.42. The molecule has 2 aliphatic rings. The number of hydrogen-bond acceptors (Lipinski definition) is 4. The zero-order chi connectivity index (χ0) is 17.4. The molecule has 0 spiro atoms. The SMILES string of the molecule is O=S(=O)(NCC1CCN(S(=O)(=O)C2CC2)CC1)c1ccc(Cl)cc1. The monoisotopic (exact) mass is 392 g/mol. The zero-order valence-electron chi connectivity index (χ0n) is 13.2. The molecule has 0 bridgehead atoms. The minimum Gasteiger partial charge on any atom is -0.212 e. The summed E-state index contributed by atoms with van der Waals surface area (Å²) >= 11 is 5.77. The summed E-state index contributed by atoms with van der Waals surface area (Å²) in [6.45, 7) is 1.28. The van der Waals surface area contributed by atoms with Gasteiger partial charge in [0.25, 0.3) is 0 Å². The third-order valence-corrected chi connectivity index (χ3v) is 8.66. The molecule has 0 aromatic heterocycles. The van der Waals surface area contributed by atoms with Crippen LogP contribution in [0.25, 0.3) is 0 Å². The van der Waals surface area contributed by atoms with E-state index in [2.05, 4.69) is 4.72 Å². The summed E-state index contributed by atoms with van der Waals surface area (Å²) in [6, 6.07) is 6.01. The van der Waals surface area contributed by atoms with Crippen LogP contribution in [0.3, 0.4) is 0 Å². The lowest BCUT2D eigenvalue weighted by Gasteiger charge is -2.31. The number of rotatable bonds is 6. The number of benzene rings is 1. The summed E-state index contributed by atoms with van der Waals surface area (Å²) in [5.74, 6) is 0.151. The van der Waals surface area contributed by atoms with Crippen molar-refractivity contribution >= 4 is 31.6 Å². The fourth-order valence-electron chi connectivity index (χ4n) is 2.87. The van der Waals surface area contributed by atoms with E-state index in [0.29, 0.717) is 37.5 Å². The van der Waals surface area contributed by atoms with E-state index in [1.165, 1.54) is 24.3 Å². The van der Waals surface area contributed by atoms with E-state index in [0.717, 1.165) is 12.8 Å². The molecule has 1 aliphatic heterocycles. The van der Waals surface area contributed by atoms with Crippen LogP contribution in [0.5, 0.6) is 0 Å². The number of hydrogen-bond donors (Lipinski definition) is 1. The highest BCUT2D eigenvalue weighted by Crippen LogP contribution is 2.33. The molecule has 9 heteroatoms. The molecule has 1 heterocycles. The third kappa shape index (κ3) is 4.11. The first-order valence-electron chi connectivity index (χ1n) is 8.03. The second-order valence-corrected chi connectivity index (χ2v) is 10.8. The van der Waals surface area contributed by atoms with E-state index in [9.17, 15) is 16.8 Å². The van der Waals surface area contributed by atoms with Crippen molar-refractivity contribution < 1.29 is 16.8 Å². The van der Waals surface area contributed by atoms with Crippen molar-refractivity contribution in [3.8, 4) is 0 Å². The number of halogens is 1. The van der Waals surface area contributed by atoms with Gasteiger partial charge in [0.05, 0.1) is 10.1 Å². The molecule has 1 aliphatic carbocycles. The van der Waals surface area contributed by atoms with Gasteiger partial charge in [-0.3, -0.25) is 0 Å². The van der Waals surface area contributed by atoms with Crippen molar-refractivity contribution in [2.75, 3.05) is 19.6 Å². The molecular weight excluding hydrogens is 372 g/mol. The van der Waals surface area contributed by atoms with Crippen LogP contribution in [-0.2, 0) is 20.0 Å². The molecule has 1 aromatic rings. The molecule has 3 rings (SSSR count). The average molecular weight is 393 g/mol. The first kappa shape index (κ1) is 18.1. The molecular formula is C15H21ClN2O4S2. The van der Waals surface area contributed by atoms with E-state index in [1.54, 1.807) is 4.31 Å². The summed E-state index contributed by atoms with van der Waals surface area (Å²) in [5.41, 5.74) is 0. The maximum absolute atomic E-state index is 12.2. The van der Waals surface area contributed by atoms with Crippen LogP contribution in [0, 0.1) is 5.92 Å². The highest BCUT2D eigenvalue weighted by atomic mass is 35.5. The summed E-state index contributed by atoms with van der Waals surface area (Å²) in [7, 11) is -6.68. The van der Waals surface area contributed by atoms with Gasteiger partial charge < -0.3 is 0 Å². The fraction of sp³-hybridized carbons (Fsp3) is 0.600. The highest BCUT2D eigenvalue weighted by molar-refractivity contribution is 7.90. The molecule has 24 heavy (non-hydrogen) atoms. The number of nitrogens with one attached hydrogen (secondary N) is 1. The summed E-state index contributed by atoms with van der Waals surface area (Å²) in [5, 5.41) is 0.302. The summed E-state index contributed by atoms with van der Waals surface area (Å²) in [6.07, 6.45) is 2.89. The Morgan fingerprint density at radius 2 is 1.58 bits per heavy atom. The average Bonchev–Trinajstić information content (AvgIpc) is 3.39. The molecule has 1 aromatic carbocycles. The van der Waals surface area contributed by atoms with Gasteiger partial charge in [-0.05, 0) is 55.9 Å². The molecule has 0 atom stereocenters. The molecule has 0 unspecified atom stereocenters. The van der Waals surface area contributed by atoms with E-state index >= 15 is 0 Å². The van der Waals surface area contributed by atoms with Gasteiger partial charge in [0.15, 0.2) is 0 Å². The minimum absolute atomic E-state index is 0.151. The largest absolute Gasteiger partial charge is 0.240 e. The molecule has 1 saturated heterocycles. The molecule has 1 N–H and O–H groups in total. The summed E-state index contributed by atoms with van der Waals surface area (Å²) < 4.78 is 53.0. The Labute approximate surface area is 148 Å². The summed E-state index contributed by atoms with van der Waals surface area (Å²) in [4.78, 5) is 0.181. The first-order chi connectivity index (χ1) is 11.3. The van der Waals surface area contributed by atoms with Crippen LogP contribution in [0.2, 0.25) is 5.02 Å². The van der Waals surface area contributed by atoms with E-state index < -0.39 is 20.0 Å². The molecule has 1 saturated carbocycles. The number of nitrogens with zero attached hydrogens (tertiary/aromatic N) is 1. The Balaban J connectivity index is 1.52. The second kappa shape index (κ2) is 6.92. The van der Waals surface area contributed by atoms with Crippen molar-refractivity contribution in [2.45, 2.75) is 35.8 Å². The van der Waals surface area contributed by atoms with E-state index in [4.69, 9.17) is 11.6 Å². The van der Waals surface area contributed by atoms with Crippen LogP contribution < -0.4 is 4.72 Å². The van der Waals surface area contributed by atoms with Gasteiger partial charge in [-0.25, -0.2) is 25.9 Å². The predicted octanol–water partition coefficient (Wildman–Crippen LogP) is 1.82. The topological polar surface area (TPSA) is 83.6 Å². The lowest BCUT2D eigenvalue weighted by atomic mass is 9.99. The molecule has 6 nitrogen and oxygen atoms in total. The third-order valence-electron chi connectivity index (χ3n) is 4.56. The Hall–Kier alpha value is -0.670. The van der Waals surface area contributed by atoms with Gasteiger partial charge in [0.2, 0.25) is 20.0 Å². The Bertz CT molecular complexity index is 781. The van der Waals surface area contributed by atoms with Crippen LogP contribution in [0.1, 0.15) is 25.7 Å². The molecule has 0 amide bonds. The number of sulfonamides is 2. The number of piperidine rings is 1. The van der Waals surface area contributed by atoms with Crippen LogP contribution in [0.4, 0.5) is 0 Å².